The molecule has 0 unspecified atom stereocenters. The zero-order chi connectivity index (χ0) is 13.8. The fourth-order valence-electron chi connectivity index (χ4n) is 1.30. The molecule has 0 spiro atoms. The Morgan fingerprint density at radius 3 is 2.89 bits per heavy atom. The SMILES string of the molecule is C/C(=N\N1N=C(N)C(C#N)=C(C#N)S1)c1ccco1. The highest BCUT2D eigenvalue weighted by Crippen LogP contribution is 2.29. The van der Waals surface area contributed by atoms with Gasteiger partial charge in [0, 0.05) is 11.9 Å². The Balaban J connectivity index is 2.28. The number of nitrogens with zero attached hydrogens (tertiary/aromatic N) is 5. The maximum Gasteiger partial charge on any atom is 0.166 e. The van der Waals surface area contributed by atoms with Gasteiger partial charge < -0.3 is 10.2 Å². The molecule has 19 heavy (non-hydrogen) atoms. The normalized spacial score (nSPS) is 15.8. The predicted molar refractivity (Wildman–Crippen MR) is 70.2 cm³/mol. The van der Waals surface area contributed by atoms with Crippen molar-refractivity contribution in [3.8, 4) is 12.1 Å². The fourth-order valence-corrected chi connectivity index (χ4v) is 2.03. The van der Waals surface area contributed by atoms with Gasteiger partial charge in [0.05, 0.1) is 6.26 Å². The van der Waals surface area contributed by atoms with Crippen molar-refractivity contribution >= 4 is 23.5 Å². The van der Waals surface area contributed by atoms with Crippen molar-refractivity contribution < 1.29 is 4.42 Å². The topological polar surface area (TPSA) is 115 Å². The Morgan fingerprint density at radius 1 is 1.53 bits per heavy atom. The lowest BCUT2D eigenvalue weighted by Crippen LogP contribution is -2.23. The molecule has 2 heterocycles. The number of furan rings is 1. The summed E-state index contributed by atoms with van der Waals surface area (Å²) in [5.74, 6) is 0.553. The standard InChI is InChI=1S/C11H8N6OS/c1-7(9-3-2-4-18-9)15-17-16-11(14)8(5-12)10(6-13)19-17/h2-4H,1H3,(H2,14,16)/b15-7+. The summed E-state index contributed by atoms with van der Waals surface area (Å²) < 4.78 is 6.37. The van der Waals surface area contributed by atoms with Crippen LogP contribution in [0.4, 0.5) is 0 Å². The Hall–Kier alpha value is -2.71. The second kappa shape index (κ2) is 5.29. The molecule has 0 amide bonds. The molecule has 94 valence electrons. The molecule has 0 aliphatic carbocycles. The molecular formula is C11H8N6OS. The van der Waals surface area contributed by atoms with E-state index in [1.165, 1.54) is 10.8 Å². The number of hydrogen-bond acceptors (Lipinski definition) is 8. The van der Waals surface area contributed by atoms with Gasteiger partial charge in [-0.3, -0.25) is 0 Å². The lowest BCUT2D eigenvalue weighted by atomic mass is 10.2. The summed E-state index contributed by atoms with van der Waals surface area (Å²) in [6.07, 6.45) is 1.53. The molecule has 0 aromatic carbocycles. The molecule has 0 radical (unpaired) electrons. The smallest absolute Gasteiger partial charge is 0.166 e. The van der Waals surface area contributed by atoms with Gasteiger partial charge >= 0.3 is 0 Å². The van der Waals surface area contributed by atoms with Crippen LogP contribution in [0.2, 0.25) is 0 Å². The van der Waals surface area contributed by atoms with Crippen molar-refractivity contribution in [2.45, 2.75) is 6.92 Å². The molecule has 0 saturated carbocycles. The molecule has 2 N–H and O–H groups in total. The minimum absolute atomic E-state index is 0.0335. The minimum atomic E-state index is -0.0335. The molecule has 1 aliphatic rings. The highest BCUT2D eigenvalue weighted by molar-refractivity contribution is 8.01. The number of hydrazone groups is 2. The average Bonchev–Trinajstić information content (AvgIpc) is 2.92. The van der Waals surface area contributed by atoms with Gasteiger partial charge in [-0.25, -0.2) is 0 Å². The molecule has 1 aromatic rings. The van der Waals surface area contributed by atoms with Crippen molar-refractivity contribution in [1.82, 2.24) is 4.52 Å². The third-order valence-corrected chi connectivity index (χ3v) is 2.98. The van der Waals surface area contributed by atoms with E-state index >= 15 is 0 Å². The first-order valence-electron chi connectivity index (χ1n) is 5.11. The van der Waals surface area contributed by atoms with Gasteiger partial charge in [0.2, 0.25) is 0 Å². The summed E-state index contributed by atoms with van der Waals surface area (Å²) in [6.45, 7) is 1.74. The number of nitrogens with two attached hydrogens (primary N) is 1. The molecule has 0 saturated heterocycles. The summed E-state index contributed by atoms with van der Waals surface area (Å²) in [5, 5.41) is 25.9. The van der Waals surface area contributed by atoms with Crippen LogP contribution in [0.15, 0.2) is 43.5 Å². The van der Waals surface area contributed by atoms with Gasteiger partial charge in [-0.05, 0) is 19.1 Å². The van der Waals surface area contributed by atoms with Crippen LogP contribution in [0.5, 0.6) is 0 Å². The van der Waals surface area contributed by atoms with E-state index in [0.717, 1.165) is 11.9 Å². The Morgan fingerprint density at radius 2 is 2.32 bits per heavy atom. The van der Waals surface area contributed by atoms with Gasteiger partial charge in [0.25, 0.3) is 0 Å². The second-order valence-corrected chi connectivity index (χ2v) is 4.34. The van der Waals surface area contributed by atoms with Crippen molar-refractivity contribution in [3.05, 3.63) is 34.6 Å². The number of allylic oxidation sites excluding steroid dienone is 1. The monoisotopic (exact) mass is 272 g/mol. The van der Waals surface area contributed by atoms with Crippen molar-refractivity contribution in [2.75, 3.05) is 0 Å². The second-order valence-electron chi connectivity index (χ2n) is 3.42. The van der Waals surface area contributed by atoms with E-state index in [-0.39, 0.29) is 16.3 Å². The molecule has 1 aliphatic heterocycles. The number of nitriles is 2. The lowest BCUT2D eigenvalue weighted by molar-refractivity contribution is 0.525. The fraction of sp³-hybridized carbons (Fsp3) is 0.0909. The number of amidine groups is 1. The van der Waals surface area contributed by atoms with Crippen LogP contribution in [0, 0.1) is 22.7 Å². The van der Waals surface area contributed by atoms with Crippen LogP contribution in [0.25, 0.3) is 0 Å². The largest absolute Gasteiger partial charge is 0.463 e. The predicted octanol–water partition coefficient (Wildman–Crippen LogP) is 1.54. The molecule has 0 fully saturated rings. The van der Waals surface area contributed by atoms with Crippen LogP contribution in [-0.2, 0) is 0 Å². The summed E-state index contributed by atoms with van der Waals surface area (Å²) in [5.41, 5.74) is 6.25. The zero-order valence-corrected chi connectivity index (χ0v) is 10.7. The average molecular weight is 272 g/mol. The third kappa shape index (κ3) is 2.59. The van der Waals surface area contributed by atoms with Gasteiger partial charge in [-0.15, -0.1) is 14.7 Å². The first kappa shape index (κ1) is 12.7. The first-order chi connectivity index (χ1) is 9.15. The van der Waals surface area contributed by atoms with Crippen LogP contribution in [-0.4, -0.2) is 16.1 Å². The minimum Gasteiger partial charge on any atom is -0.463 e. The van der Waals surface area contributed by atoms with E-state index in [4.69, 9.17) is 20.7 Å². The van der Waals surface area contributed by atoms with E-state index in [9.17, 15) is 0 Å². The number of hydrogen-bond donors (Lipinski definition) is 1. The highest BCUT2D eigenvalue weighted by atomic mass is 32.2. The molecule has 1 aromatic heterocycles. The molecule has 7 nitrogen and oxygen atoms in total. The summed E-state index contributed by atoms with van der Waals surface area (Å²) >= 11 is 0.926. The maximum atomic E-state index is 8.96. The Bertz CT molecular complexity index is 658. The van der Waals surface area contributed by atoms with Crippen LogP contribution in [0.1, 0.15) is 12.7 Å². The van der Waals surface area contributed by atoms with Crippen molar-refractivity contribution in [2.24, 2.45) is 15.9 Å². The summed E-state index contributed by atoms with van der Waals surface area (Å²) in [7, 11) is 0. The highest BCUT2D eigenvalue weighted by Gasteiger charge is 2.21. The molecule has 0 bridgehead atoms. The third-order valence-electron chi connectivity index (χ3n) is 2.18. The van der Waals surface area contributed by atoms with Crippen LogP contribution < -0.4 is 5.73 Å². The molecule has 2 rings (SSSR count). The van der Waals surface area contributed by atoms with E-state index in [2.05, 4.69) is 10.2 Å². The number of rotatable bonds is 2. The van der Waals surface area contributed by atoms with E-state index in [1.807, 2.05) is 12.1 Å². The quantitative estimate of drug-likeness (QED) is 0.645. The van der Waals surface area contributed by atoms with Gasteiger partial charge in [0.1, 0.15) is 34.1 Å². The van der Waals surface area contributed by atoms with E-state index in [0.29, 0.717) is 11.5 Å². The van der Waals surface area contributed by atoms with Crippen LogP contribution >= 0.6 is 11.9 Å². The van der Waals surface area contributed by atoms with Crippen molar-refractivity contribution in [3.63, 3.8) is 0 Å². The molecule has 0 atom stereocenters. The van der Waals surface area contributed by atoms with E-state index in [1.54, 1.807) is 19.1 Å². The van der Waals surface area contributed by atoms with Crippen molar-refractivity contribution in [1.29, 1.82) is 10.5 Å². The van der Waals surface area contributed by atoms with E-state index < -0.39 is 0 Å². The zero-order valence-electron chi connectivity index (χ0n) is 9.86. The summed E-state index contributed by atoms with van der Waals surface area (Å²) in [4.78, 5) is 0.158. The summed E-state index contributed by atoms with van der Waals surface area (Å²) in [6, 6.07) is 7.23. The lowest BCUT2D eigenvalue weighted by Gasteiger charge is -2.17. The van der Waals surface area contributed by atoms with Crippen LogP contribution in [0.3, 0.4) is 0 Å². The van der Waals surface area contributed by atoms with Gasteiger partial charge in [0.15, 0.2) is 5.84 Å². The Labute approximate surface area is 113 Å². The first-order valence-corrected chi connectivity index (χ1v) is 5.89. The Kier molecular flexibility index (Phi) is 3.55. The van der Waals surface area contributed by atoms with Gasteiger partial charge in [-0.2, -0.15) is 10.5 Å². The van der Waals surface area contributed by atoms with Gasteiger partial charge in [-0.1, -0.05) is 0 Å². The molecule has 8 heteroatoms. The maximum absolute atomic E-state index is 8.96. The molecular weight excluding hydrogens is 264 g/mol.